The predicted octanol–water partition coefficient (Wildman–Crippen LogP) is 3.97. The molecule has 2 fully saturated rings. The quantitative estimate of drug-likeness (QED) is 0.751. The Hall–Kier alpha value is -1.36. The van der Waals surface area contributed by atoms with Crippen molar-refractivity contribution in [1.82, 2.24) is 4.90 Å². The lowest BCUT2D eigenvalue weighted by atomic mass is 9.71. The zero-order chi connectivity index (χ0) is 20.7. The first-order valence-electron chi connectivity index (χ1n) is 10.5. The van der Waals surface area contributed by atoms with Crippen LogP contribution in [0, 0.1) is 17.8 Å². The third-order valence-electron chi connectivity index (χ3n) is 7.40. The van der Waals surface area contributed by atoms with E-state index in [0.717, 1.165) is 42.7 Å². The van der Waals surface area contributed by atoms with Gasteiger partial charge in [-0.25, -0.2) is 0 Å². The molecule has 1 heterocycles. The zero-order valence-corrected chi connectivity index (χ0v) is 18.1. The van der Waals surface area contributed by atoms with Crippen LogP contribution in [0.15, 0.2) is 36.4 Å². The average molecular weight is 388 g/mol. The molecule has 156 valence electrons. The van der Waals surface area contributed by atoms with Crippen LogP contribution >= 0.6 is 0 Å². The molecule has 0 spiro atoms. The van der Waals surface area contributed by atoms with Crippen molar-refractivity contribution in [1.29, 1.82) is 0 Å². The molecule has 0 unspecified atom stereocenters. The van der Waals surface area contributed by atoms with Crippen molar-refractivity contribution in [2.45, 2.75) is 64.2 Å². The molecule has 1 aromatic rings. The van der Waals surface area contributed by atoms with E-state index in [-0.39, 0.29) is 23.5 Å². The lowest BCUT2D eigenvalue weighted by Gasteiger charge is -2.47. The van der Waals surface area contributed by atoms with Gasteiger partial charge >= 0.3 is 0 Å². The topological polar surface area (TPSA) is 52.9 Å². The van der Waals surface area contributed by atoms with Gasteiger partial charge in [0.2, 0.25) is 0 Å². The average Bonchev–Trinajstić information content (AvgIpc) is 3.01. The first-order valence-corrected chi connectivity index (χ1v) is 10.5. The summed E-state index contributed by atoms with van der Waals surface area (Å²) in [6.07, 6.45) is 2.78. The Morgan fingerprint density at radius 2 is 1.89 bits per heavy atom. The Labute approximate surface area is 170 Å². The Morgan fingerprint density at radius 3 is 2.43 bits per heavy atom. The molecule has 4 nitrogen and oxygen atoms in total. The largest absolute Gasteiger partial charge is 0.497 e. The fourth-order valence-corrected chi connectivity index (χ4v) is 5.42. The van der Waals surface area contributed by atoms with Crippen LogP contribution in [0.4, 0.5) is 0 Å². The number of hydrogen-bond acceptors (Lipinski definition) is 4. The standard InChI is InChI=1S/C24H37NO3/c1-16(2)21-14-25(23(4,5)20-12-7-17(3)13-22(20)26)15-24(21,27)18-8-10-19(28-6)11-9-18/h8-11,17,20-22,26-27H,1,7,12-15H2,2-6H3/t17-,20-,21+,22-,24-/m1/s1. The van der Waals surface area contributed by atoms with E-state index < -0.39 is 5.60 Å². The molecular formula is C24H37NO3. The van der Waals surface area contributed by atoms with E-state index >= 15 is 0 Å². The molecule has 1 saturated carbocycles. The molecule has 1 aliphatic heterocycles. The number of aliphatic hydroxyl groups excluding tert-OH is 1. The monoisotopic (exact) mass is 387 g/mol. The summed E-state index contributed by atoms with van der Waals surface area (Å²) >= 11 is 0. The van der Waals surface area contributed by atoms with Crippen molar-refractivity contribution in [2.24, 2.45) is 17.8 Å². The van der Waals surface area contributed by atoms with Gasteiger partial charge < -0.3 is 14.9 Å². The molecule has 5 atom stereocenters. The second kappa shape index (κ2) is 7.81. The summed E-state index contributed by atoms with van der Waals surface area (Å²) in [6, 6.07) is 7.73. The summed E-state index contributed by atoms with van der Waals surface area (Å²) in [6.45, 7) is 14.2. The Balaban J connectivity index is 1.89. The molecule has 0 bridgehead atoms. The molecule has 1 saturated heterocycles. The van der Waals surface area contributed by atoms with Gasteiger partial charge in [-0.2, -0.15) is 0 Å². The SMILES string of the molecule is C=C(C)[C@@H]1CN(C(C)(C)[C@@H]2CC[C@@H](C)C[C@H]2O)C[C@@]1(O)c1ccc(OC)cc1. The number of methoxy groups -OCH3 is 1. The maximum Gasteiger partial charge on any atom is 0.118 e. The highest BCUT2D eigenvalue weighted by atomic mass is 16.5. The third kappa shape index (κ3) is 3.74. The van der Waals surface area contributed by atoms with E-state index in [4.69, 9.17) is 4.74 Å². The number of hydrogen-bond donors (Lipinski definition) is 2. The van der Waals surface area contributed by atoms with Crippen molar-refractivity contribution in [3.8, 4) is 5.75 Å². The second-order valence-corrected chi connectivity index (χ2v) is 9.68. The first kappa shape index (κ1) is 21.4. The molecule has 2 aliphatic rings. The Morgan fingerprint density at radius 1 is 1.25 bits per heavy atom. The molecule has 4 heteroatoms. The fraction of sp³-hybridized carbons (Fsp3) is 0.667. The van der Waals surface area contributed by atoms with Gasteiger partial charge in [-0.3, -0.25) is 4.90 Å². The molecular weight excluding hydrogens is 350 g/mol. The molecule has 1 aromatic carbocycles. The summed E-state index contributed by atoms with van der Waals surface area (Å²) < 4.78 is 5.28. The van der Waals surface area contributed by atoms with E-state index in [1.165, 1.54) is 0 Å². The minimum atomic E-state index is -0.984. The van der Waals surface area contributed by atoms with Crippen LogP contribution in [0.3, 0.4) is 0 Å². The third-order valence-corrected chi connectivity index (χ3v) is 7.40. The number of aliphatic hydroxyl groups is 2. The summed E-state index contributed by atoms with van der Waals surface area (Å²) in [5, 5.41) is 22.6. The lowest BCUT2D eigenvalue weighted by molar-refractivity contribution is -0.0490. The van der Waals surface area contributed by atoms with Crippen LogP contribution in [0.1, 0.15) is 52.5 Å². The van der Waals surface area contributed by atoms with Crippen LogP contribution in [0.25, 0.3) is 0 Å². The molecule has 3 rings (SSSR count). The first-order chi connectivity index (χ1) is 13.1. The van der Waals surface area contributed by atoms with Crippen molar-refractivity contribution in [3.63, 3.8) is 0 Å². The molecule has 0 radical (unpaired) electrons. The molecule has 1 aliphatic carbocycles. The van der Waals surface area contributed by atoms with Gasteiger partial charge in [-0.15, -0.1) is 0 Å². The van der Waals surface area contributed by atoms with Crippen LogP contribution in [0.5, 0.6) is 5.75 Å². The normalized spacial score (nSPS) is 34.4. The fourth-order valence-electron chi connectivity index (χ4n) is 5.42. The minimum Gasteiger partial charge on any atom is -0.497 e. The van der Waals surface area contributed by atoms with E-state index in [0.29, 0.717) is 12.5 Å². The number of likely N-dealkylation sites (tertiary alicyclic amines) is 1. The number of nitrogens with zero attached hydrogens (tertiary/aromatic N) is 1. The number of benzene rings is 1. The minimum absolute atomic E-state index is 0.0418. The van der Waals surface area contributed by atoms with Crippen molar-refractivity contribution in [2.75, 3.05) is 20.2 Å². The summed E-state index contributed by atoms with van der Waals surface area (Å²) in [5.74, 6) is 1.54. The molecule has 28 heavy (non-hydrogen) atoms. The number of rotatable bonds is 5. The highest BCUT2D eigenvalue weighted by Gasteiger charge is 2.53. The van der Waals surface area contributed by atoms with Gasteiger partial charge in [0, 0.05) is 30.5 Å². The van der Waals surface area contributed by atoms with Crippen LogP contribution < -0.4 is 4.74 Å². The lowest BCUT2D eigenvalue weighted by Crippen LogP contribution is -2.54. The maximum atomic E-state index is 11.8. The number of β-amino-alcohol motifs (C(OH)–C–C–N with tert-alkyl or cyclic N) is 1. The smallest absolute Gasteiger partial charge is 0.118 e. The Bertz CT molecular complexity index is 698. The van der Waals surface area contributed by atoms with Crippen molar-refractivity contribution >= 4 is 0 Å². The molecule has 2 N–H and O–H groups in total. The van der Waals surface area contributed by atoms with E-state index in [9.17, 15) is 10.2 Å². The van der Waals surface area contributed by atoms with Crippen LogP contribution in [-0.2, 0) is 5.60 Å². The highest BCUT2D eigenvalue weighted by molar-refractivity contribution is 5.34. The van der Waals surface area contributed by atoms with Gasteiger partial charge in [0.1, 0.15) is 11.4 Å². The van der Waals surface area contributed by atoms with E-state index in [2.05, 4.69) is 32.3 Å². The van der Waals surface area contributed by atoms with Gasteiger partial charge in [-0.05, 0) is 57.2 Å². The summed E-state index contributed by atoms with van der Waals surface area (Å²) in [5.41, 5.74) is 0.721. The summed E-state index contributed by atoms with van der Waals surface area (Å²) in [7, 11) is 1.65. The zero-order valence-electron chi connectivity index (χ0n) is 18.1. The van der Waals surface area contributed by atoms with Crippen molar-refractivity contribution in [3.05, 3.63) is 42.0 Å². The molecule has 0 amide bonds. The second-order valence-electron chi connectivity index (χ2n) is 9.68. The van der Waals surface area contributed by atoms with Crippen LogP contribution in [-0.4, -0.2) is 47.0 Å². The Kier molecular flexibility index (Phi) is 5.96. The highest BCUT2D eigenvalue weighted by Crippen LogP contribution is 2.47. The van der Waals surface area contributed by atoms with Crippen LogP contribution in [0.2, 0.25) is 0 Å². The van der Waals surface area contributed by atoms with Crippen molar-refractivity contribution < 1.29 is 14.9 Å². The van der Waals surface area contributed by atoms with E-state index in [1.807, 2.05) is 31.2 Å². The van der Waals surface area contributed by atoms with Gasteiger partial charge in [0.15, 0.2) is 0 Å². The number of ether oxygens (including phenoxy) is 1. The predicted molar refractivity (Wildman–Crippen MR) is 113 cm³/mol. The maximum absolute atomic E-state index is 11.8. The van der Waals surface area contributed by atoms with Gasteiger partial charge in [0.25, 0.3) is 0 Å². The summed E-state index contributed by atoms with van der Waals surface area (Å²) in [4.78, 5) is 2.38. The van der Waals surface area contributed by atoms with Gasteiger partial charge in [-0.1, -0.05) is 37.6 Å². The van der Waals surface area contributed by atoms with Gasteiger partial charge in [0.05, 0.1) is 13.2 Å². The molecule has 0 aromatic heterocycles. The van der Waals surface area contributed by atoms with E-state index in [1.54, 1.807) is 7.11 Å².